The summed E-state index contributed by atoms with van der Waals surface area (Å²) >= 11 is 4.11. The Morgan fingerprint density at radius 3 is 2.08 bits per heavy atom. The van der Waals surface area contributed by atoms with Crippen molar-refractivity contribution in [2.75, 3.05) is 5.75 Å². The van der Waals surface area contributed by atoms with Crippen LogP contribution >= 0.6 is 12.6 Å². The molecule has 0 aliphatic heterocycles. The molecule has 1 aromatic carbocycles. The number of aromatic nitrogens is 2. The van der Waals surface area contributed by atoms with Gasteiger partial charge < -0.3 is 42.0 Å². The average molecular weight is 551 g/mol. The largest absolute Gasteiger partial charge is 0.508 e. The van der Waals surface area contributed by atoms with Crippen molar-refractivity contribution < 1.29 is 39.3 Å². The lowest BCUT2D eigenvalue weighted by molar-refractivity contribution is -0.143. The Labute approximate surface area is 222 Å². The minimum absolute atomic E-state index is 0.0591. The number of aromatic amines is 1. The predicted octanol–water partition coefficient (Wildman–Crippen LogP) is -1.44. The molecule has 2 rings (SSSR count). The number of phenolic OH excluding ortho intramolecular Hbond substituents is 1. The third-order valence-electron chi connectivity index (χ3n) is 5.42. The van der Waals surface area contributed by atoms with E-state index >= 15 is 0 Å². The molecule has 1 aromatic heterocycles. The molecule has 0 bridgehead atoms. The van der Waals surface area contributed by atoms with Crippen molar-refractivity contribution in [3.8, 4) is 5.75 Å². The summed E-state index contributed by atoms with van der Waals surface area (Å²) in [6, 6.07) is 1.10. The van der Waals surface area contributed by atoms with E-state index in [-0.39, 0.29) is 30.8 Å². The molecule has 0 aliphatic carbocycles. The van der Waals surface area contributed by atoms with Crippen LogP contribution < -0.4 is 21.7 Å². The van der Waals surface area contributed by atoms with Gasteiger partial charge in [-0.25, -0.2) is 9.78 Å². The normalized spacial score (nSPS) is 13.9. The number of aliphatic carboxylic acids is 2. The van der Waals surface area contributed by atoms with E-state index < -0.39 is 60.2 Å². The fourth-order valence-electron chi connectivity index (χ4n) is 3.35. The zero-order valence-corrected chi connectivity index (χ0v) is 21.1. The molecular formula is C23H30N6O8S. The fourth-order valence-corrected chi connectivity index (χ4v) is 3.60. The minimum atomic E-state index is -1.50. The van der Waals surface area contributed by atoms with E-state index in [9.17, 15) is 34.2 Å². The summed E-state index contributed by atoms with van der Waals surface area (Å²) < 4.78 is 0. The van der Waals surface area contributed by atoms with Crippen molar-refractivity contribution >= 4 is 42.3 Å². The number of nitrogens with zero attached hydrogens (tertiary/aromatic N) is 1. The number of carbonyl (C=O) groups excluding carboxylic acids is 3. The highest BCUT2D eigenvalue weighted by Gasteiger charge is 2.30. The Hall–Kier alpha value is -4.11. The molecule has 2 aromatic rings. The monoisotopic (exact) mass is 550 g/mol. The van der Waals surface area contributed by atoms with Crippen molar-refractivity contribution in [3.63, 3.8) is 0 Å². The molecule has 3 amide bonds. The second-order valence-corrected chi connectivity index (χ2v) is 8.76. The topological polar surface area (TPSA) is 237 Å². The van der Waals surface area contributed by atoms with Gasteiger partial charge in [-0.3, -0.25) is 19.2 Å². The number of carboxylic acid groups (broad SMARTS) is 2. The van der Waals surface area contributed by atoms with Crippen LogP contribution in [0.5, 0.6) is 5.75 Å². The number of rotatable bonds is 15. The standard InChI is InChI=1S/C23H30N6O8S/c24-15(7-12-1-3-14(30)4-2-12)20(33)29-18(10-38)22(35)28-17(8-13-9-25-11-26-13)21(34)27-16(23(36)37)5-6-19(31)32/h1-4,9,11,15-18,30,38H,5-8,10,24H2,(H,25,26)(H,27,34)(H,28,35)(H,29,33)(H,31,32)(H,36,37). The van der Waals surface area contributed by atoms with Gasteiger partial charge in [0.1, 0.15) is 23.9 Å². The van der Waals surface area contributed by atoms with Gasteiger partial charge in [0.2, 0.25) is 17.7 Å². The number of thiol groups is 1. The summed E-state index contributed by atoms with van der Waals surface area (Å²) in [6.45, 7) is 0. The number of nitrogens with two attached hydrogens (primary N) is 1. The number of carboxylic acids is 2. The van der Waals surface area contributed by atoms with E-state index in [1.165, 1.54) is 24.7 Å². The summed E-state index contributed by atoms with van der Waals surface area (Å²) in [5.41, 5.74) is 7.09. The van der Waals surface area contributed by atoms with Gasteiger partial charge >= 0.3 is 11.9 Å². The van der Waals surface area contributed by atoms with Crippen LogP contribution in [0.4, 0.5) is 0 Å². The first-order valence-corrected chi connectivity index (χ1v) is 12.1. The van der Waals surface area contributed by atoms with Gasteiger partial charge in [-0.2, -0.15) is 12.6 Å². The Bertz CT molecular complexity index is 1110. The van der Waals surface area contributed by atoms with Crippen molar-refractivity contribution in [1.29, 1.82) is 0 Å². The number of aromatic hydroxyl groups is 1. The highest BCUT2D eigenvalue weighted by atomic mass is 32.1. The molecule has 0 spiro atoms. The number of carbonyl (C=O) groups is 5. The average Bonchev–Trinajstić information content (AvgIpc) is 3.38. The van der Waals surface area contributed by atoms with Gasteiger partial charge in [0.25, 0.3) is 0 Å². The first-order chi connectivity index (χ1) is 18.0. The summed E-state index contributed by atoms with van der Waals surface area (Å²) in [7, 11) is 0. The third-order valence-corrected chi connectivity index (χ3v) is 5.78. The lowest BCUT2D eigenvalue weighted by Gasteiger charge is -2.24. The molecule has 0 saturated heterocycles. The maximum Gasteiger partial charge on any atom is 0.326 e. The molecule has 1 heterocycles. The van der Waals surface area contributed by atoms with Crippen molar-refractivity contribution in [2.45, 2.75) is 49.9 Å². The highest BCUT2D eigenvalue weighted by molar-refractivity contribution is 7.80. The van der Waals surface area contributed by atoms with E-state index in [1.807, 2.05) is 0 Å². The summed E-state index contributed by atoms with van der Waals surface area (Å²) in [4.78, 5) is 67.4. The number of amides is 3. The van der Waals surface area contributed by atoms with Crippen LogP contribution in [0.2, 0.25) is 0 Å². The smallest absolute Gasteiger partial charge is 0.326 e. The summed E-state index contributed by atoms with van der Waals surface area (Å²) in [5.74, 6) is -5.05. The molecule has 206 valence electrons. The number of hydrogen-bond donors (Lipinski definition) is 9. The lowest BCUT2D eigenvalue weighted by atomic mass is 10.1. The van der Waals surface area contributed by atoms with Crippen molar-refractivity contribution in [3.05, 3.63) is 48.0 Å². The van der Waals surface area contributed by atoms with Crippen LogP contribution in [0.15, 0.2) is 36.8 Å². The van der Waals surface area contributed by atoms with Gasteiger partial charge in [-0.05, 0) is 30.5 Å². The number of hydrogen-bond acceptors (Lipinski definition) is 9. The second-order valence-electron chi connectivity index (χ2n) is 8.39. The van der Waals surface area contributed by atoms with Crippen LogP contribution in [0.3, 0.4) is 0 Å². The molecule has 38 heavy (non-hydrogen) atoms. The molecule has 0 saturated carbocycles. The number of H-pyrrole nitrogens is 1. The lowest BCUT2D eigenvalue weighted by Crippen LogP contribution is -2.58. The summed E-state index contributed by atoms with van der Waals surface area (Å²) in [6.07, 6.45) is 1.93. The molecule has 0 radical (unpaired) electrons. The van der Waals surface area contributed by atoms with Gasteiger partial charge in [0.15, 0.2) is 0 Å². The van der Waals surface area contributed by atoms with Crippen molar-refractivity contribution in [1.82, 2.24) is 25.9 Å². The minimum Gasteiger partial charge on any atom is -0.508 e. The van der Waals surface area contributed by atoms with Gasteiger partial charge in [0.05, 0.1) is 12.4 Å². The Morgan fingerprint density at radius 1 is 0.921 bits per heavy atom. The molecule has 0 aliphatic rings. The SMILES string of the molecule is NC(Cc1ccc(O)cc1)C(=O)NC(CS)C(=O)NC(Cc1cnc[nH]1)C(=O)NC(CCC(=O)O)C(=O)O. The zero-order valence-electron chi connectivity index (χ0n) is 20.2. The zero-order chi connectivity index (χ0) is 28.2. The quantitative estimate of drug-likeness (QED) is 0.117. The van der Waals surface area contributed by atoms with Crippen molar-refractivity contribution in [2.24, 2.45) is 5.73 Å². The van der Waals surface area contributed by atoms with E-state index in [2.05, 4.69) is 38.5 Å². The maximum atomic E-state index is 13.0. The molecule has 0 fully saturated rings. The Kier molecular flexibility index (Phi) is 11.6. The van der Waals surface area contributed by atoms with Crippen LogP contribution in [0.25, 0.3) is 0 Å². The Balaban J connectivity index is 2.08. The number of nitrogens with one attached hydrogen (secondary N) is 4. The van der Waals surface area contributed by atoms with Crippen LogP contribution in [0, 0.1) is 0 Å². The fraction of sp³-hybridized carbons (Fsp3) is 0.391. The highest BCUT2D eigenvalue weighted by Crippen LogP contribution is 2.11. The van der Waals surface area contributed by atoms with E-state index in [4.69, 9.17) is 10.8 Å². The molecule has 4 atom stereocenters. The van der Waals surface area contributed by atoms with Gasteiger partial charge in [0, 0.05) is 30.5 Å². The summed E-state index contributed by atoms with van der Waals surface area (Å²) in [5, 5.41) is 34.8. The molecule has 14 nitrogen and oxygen atoms in total. The van der Waals surface area contributed by atoms with Crippen LogP contribution in [-0.2, 0) is 36.8 Å². The third kappa shape index (κ3) is 9.74. The molecular weight excluding hydrogens is 520 g/mol. The van der Waals surface area contributed by atoms with E-state index in [1.54, 1.807) is 12.1 Å². The second kappa shape index (κ2) is 14.6. The predicted molar refractivity (Wildman–Crippen MR) is 136 cm³/mol. The van der Waals surface area contributed by atoms with Crippen LogP contribution in [0.1, 0.15) is 24.1 Å². The number of phenols is 1. The maximum absolute atomic E-state index is 13.0. The number of imidazole rings is 1. The van der Waals surface area contributed by atoms with E-state index in [0.717, 1.165) is 0 Å². The first-order valence-electron chi connectivity index (χ1n) is 11.5. The van der Waals surface area contributed by atoms with Gasteiger partial charge in [-0.1, -0.05) is 12.1 Å². The Morgan fingerprint density at radius 2 is 1.53 bits per heavy atom. The van der Waals surface area contributed by atoms with E-state index in [0.29, 0.717) is 11.3 Å². The molecule has 9 N–H and O–H groups in total. The molecule has 15 heteroatoms. The van der Waals surface area contributed by atoms with Gasteiger partial charge in [-0.15, -0.1) is 0 Å². The first kappa shape index (κ1) is 30.1. The molecule has 4 unspecified atom stereocenters. The van der Waals surface area contributed by atoms with Crippen LogP contribution in [-0.4, -0.2) is 84.9 Å². The number of benzene rings is 1.